The summed E-state index contributed by atoms with van der Waals surface area (Å²) in [5, 5.41) is 6.19. The number of thioether (sulfide) groups is 1. The van der Waals surface area contributed by atoms with E-state index in [4.69, 9.17) is 0 Å². The maximum Gasteiger partial charge on any atom is 0.233 e. The summed E-state index contributed by atoms with van der Waals surface area (Å²) >= 11 is 1.75. The molecule has 0 aliphatic carbocycles. The number of amides is 1. The van der Waals surface area contributed by atoms with Gasteiger partial charge in [0.15, 0.2) is 0 Å². The molecule has 80 valence electrons. The first-order chi connectivity index (χ1) is 6.77. The number of allylic oxidation sites excluding steroid dienone is 1. The Labute approximate surface area is 89.7 Å². The Morgan fingerprint density at radius 1 is 1.79 bits per heavy atom. The van der Waals surface area contributed by atoms with Crippen molar-refractivity contribution in [2.75, 3.05) is 19.3 Å². The van der Waals surface area contributed by atoms with Crippen LogP contribution in [0.15, 0.2) is 12.2 Å². The first-order valence-corrected chi connectivity index (χ1v) is 6.02. The molecule has 0 saturated carbocycles. The van der Waals surface area contributed by atoms with E-state index in [0.717, 1.165) is 18.7 Å². The zero-order valence-electron chi connectivity index (χ0n) is 8.75. The third-order valence-corrected chi connectivity index (χ3v) is 3.53. The van der Waals surface area contributed by atoms with Crippen molar-refractivity contribution in [3.8, 4) is 0 Å². The lowest BCUT2D eigenvalue weighted by molar-refractivity contribution is -0.120. The molecular weight excluding hydrogens is 196 g/mol. The minimum atomic E-state index is 0.109. The fourth-order valence-electron chi connectivity index (χ4n) is 1.50. The average Bonchev–Trinajstić information content (AvgIpc) is 2.20. The van der Waals surface area contributed by atoms with E-state index in [1.165, 1.54) is 0 Å². The minimum absolute atomic E-state index is 0.109. The highest BCUT2D eigenvalue weighted by Crippen LogP contribution is 2.19. The Morgan fingerprint density at radius 2 is 2.57 bits per heavy atom. The van der Waals surface area contributed by atoms with Gasteiger partial charge in [-0.15, -0.1) is 11.8 Å². The molecule has 1 saturated heterocycles. The molecule has 14 heavy (non-hydrogen) atoms. The standard InChI is InChI=1S/C10H18N2OS/c1-3-4-8(11-2)7-9-10(13)12-5-6-14-9/h3-4,8-9,11H,5-7H2,1-2H3,(H,12,13)/b4-3+. The Morgan fingerprint density at radius 3 is 3.14 bits per heavy atom. The van der Waals surface area contributed by atoms with Crippen molar-refractivity contribution < 1.29 is 4.79 Å². The van der Waals surface area contributed by atoms with E-state index in [0.29, 0.717) is 6.04 Å². The Hall–Kier alpha value is -0.480. The van der Waals surface area contributed by atoms with Crippen LogP contribution in [0.2, 0.25) is 0 Å². The van der Waals surface area contributed by atoms with E-state index in [9.17, 15) is 4.79 Å². The van der Waals surface area contributed by atoms with Gasteiger partial charge in [-0.05, 0) is 20.4 Å². The van der Waals surface area contributed by atoms with Gasteiger partial charge in [-0.2, -0.15) is 0 Å². The number of hydrogen-bond acceptors (Lipinski definition) is 3. The second-order valence-corrected chi connectivity index (χ2v) is 4.62. The van der Waals surface area contributed by atoms with Crippen LogP contribution in [0.1, 0.15) is 13.3 Å². The molecule has 1 aliphatic heterocycles. The summed E-state index contributed by atoms with van der Waals surface area (Å²) in [6, 6.07) is 0.307. The molecule has 0 aromatic carbocycles. The van der Waals surface area contributed by atoms with Crippen molar-refractivity contribution in [2.45, 2.75) is 24.6 Å². The van der Waals surface area contributed by atoms with Gasteiger partial charge in [-0.3, -0.25) is 4.79 Å². The summed E-state index contributed by atoms with van der Waals surface area (Å²) in [7, 11) is 1.93. The molecule has 1 rings (SSSR count). The molecular formula is C10H18N2OS. The maximum absolute atomic E-state index is 11.5. The fourth-order valence-corrected chi connectivity index (χ4v) is 2.58. The Kier molecular flexibility index (Phi) is 5.04. The zero-order chi connectivity index (χ0) is 10.4. The van der Waals surface area contributed by atoms with Gasteiger partial charge in [0.25, 0.3) is 0 Å². The van der Waals surface area contributed by atoms with Crippen LogP contribution in [0, 0.1) is 0 Å². The van der Waals surface area contributed by atoms with Crippen molar-refractivity contribution in [2.24, 2.45) is 0 Å². The van der Waals surface area contributed by atoms with Crippen LogP contribution in [0.3, 0.4) is 0 Å². The summed E-state index contributed by atoms with van der Waals surface area (Å²) in [4.78, 5) is 11.5. The Balaban J connectivity index is 2.43. The summed E-state index contributed by atoms with van der Waals surface area (Å²) in [5.74, 6) is 1.22. The summed E-state index contributed by atoms with van der Waals surface area (Å²) in [6.45, 7) is 2.81. The molecule has 2 N–H and O–H groups in total. The normalized spacial score (nSPS) is 25.0. The number of rotatable bonds is 4. The van der Waals surface area contributed by atoms with E-state index in [2.05, 4.69) is 16.7 Å². The number of nitrogens with one attached hydrogen (secondary N) is 2. The number of carbonyl (C=O) groups is 1. The molecule has 2 atom stereocenters. The van der Waals surface area contributed by atoms with E-state index < -0.39 is 0 Å². The monoisotopic (exact) mass is 214 g/mol. The van der Waals surface area contributed by atoms with Crippen LogP contribution >= 0.6 is 11.8 Å². The minimum Gasteiger partial charge on any atom is -0.354 e. The van der Waals surface area contributed by atoms with Crippen molar-refractivity contribution in [1.29, 1.82) is 0 Å². The molecule has 2 unspecified atom stereocenters. The van der Waals surface area contributed by atoms with Crippen molar-refractivity contribution in [3.05, 3.63) is 12.2 Å². The van der Waals surface area contributed by atoms with E-state index >= 15 is 0 Å². The highest BCUT2D eigenvalue weighted by Gasteiger charge is 2.24. The van der Waals surface area contributed by atoms with Crippen LogP contribution in [-0.4, -0.2) is 36.5 Å². The van der Waals surface area contributed by atoms with Gasteiger partial charge in [0.2, 0.25) is 5.91 Å². The third kappa shape index (κ3) is 3.35. The van der Waals surface area contributed by atoms with Crippen molar-refractivity contribution >= 4 is 17.7 Å². The lowest BCUT2D eigenvalue weighted by Gasteiger charge is -2.24. The quantitative estimate of drug-likeness (QED) is 0.679. The lowest BCUT2D eigenvalue weighted by Crippen LogP contribution is -2.42. The highest BCUT2D eigenvalue weighted by atomic mass is 32.2. The molecule has 4 heteroatoms. The van der Waals surface area contributed by atoms with Gasteiger partial charge in [0, 0.05) is 18.3 Å². The van der Waals surface area contributed by atoms with Crippen LogP contribution in [0.25, 0.3) is 0 Å². The number of likely N-dealkylation sites (N-methyl/N-ethyl adjacent to an activating group) is 1. The van der Waals surface area contributed by atoms with Crippen LogP contribution in [-0.2, 0) is 4.79 Å². The van der Waals surface area contributed by atoms with E-state index in [1.54, 1.807) is 11.8 Å². The number of carbonyl (C=O) groups excluding carboxylic acids is 1. The van der Waals surface area contributed by atoms with Crippen molar-refractivity contribution in [1.82, 2.24) is 10.6 Å². The molecule has 1 fully saturated rings. The fraction of sp³-hybridized carbons (Fsp3) is 0.700. The summed E-state index contributed by atoms with van der Waals surface area (Å²) < 4.78 is 0. The summed E-state index contributed by atoms with van der Waals surface area (Å²) in [6.07, 6.45) is 4.99. The van der Waals surface area contributed by atoms with Crippen LogP contribution in [0.4, 0.5) is 0 Å². The molecule has 1 heterocycles. The predicted octanol–water partition coefficient (Wildman–Crippen LogP) is 0.772. The Bertz CT molecular complexity index is 218. The van der Waals surface area contributed by atoms with E-state index in [-0.39, 0.29) is 11.2 Å². The van der Waals surface area contributed by atoms with Gasteiger partial charge in [0.1, 0.15) is 0 Å². The molecule has 1 aliphatic rings. The topological polar surface area (TPSA) is 41.1 Å². The SMILES string of the molecule is C/C=C/C(CC1SCCNC1=O)NC. The maximum atomic E-state index is 11.5. The predicted molar refractivity (Wildman–Crippen MR) is 61.5 cm³/mol. The molecule has 0 aromatic heterocycles. The zero-order valence-corrected chi connectivity index (χ0v) is 9.56. The first kappa shape index (κ1) is 11.6. The van der Waals surface area contributed by atoms with Crippen LogP contribution < -0.4 is 10.6 Å². The molecule has 0 spiro atoms. The molecule has 3 nitrogen and oxygen atoms in total. The van der Waals surface area contributed by atoms with E-state index in [1.807, 2.05) is 20.0 Å². The van der Waals surface area contributed by atoms with Gasteiger partial charge >= 0.3 is 0 Å². The van der Waals surface area contributed by atoms with Crippen LogP contribution in [0.5, 0.6) is 0 Å². The molecule has 0 radical (unpaired) electrons. The number of hydrogen-bond donors (Lipinski definition) is 2. The smallest absolute Gasteiger partial charge is 0.233 e. The van der Waals surface area contributed by atoms with Crippen molar-refractivity contribution in [3.63, 3.8) is 0 Å². The van der Waals surface area contributed by atoms with Gasteiger partial charge in [-0.1, -0.05) is 12.2 Å². The average molecular weight is 214 g/mol. The summed E-state index contributed by atoms with van der Waals surface area (Å²) in [5.41, 5.74) is 0. The molecule has 0 aromatic rings. The largest absolute Gasteiger partial charge is 0.354 e. The van der Waals surface area contributed by atoms with Gasteiger partial charge < -0.3 is 10.6 Å². The highest BCUT2D eigenvalue weighted by molar-refractivity contribution is 8.00. The second-order valence-electron chi connectivity index (χ2n) is 3.31. The third-order valence-electron chi connectivity index (χ3n) is 2.28. The first-order valence-electron chi connectivity index (χ1n) is 4.97. The second kappa shape index (κ2) is 6.09. The van der Waals surface area contributed by atoms with Gasteiger partial charge in [-0.25, -0.2) is 0 Å². The molecule has 0 bridgehead atoms. The molecule has 1 amide bonds. The van der Waals surface area contributed by atoms with Gasteiger partial charge in [0.05, 0.1) is 5.25 Å². The lowest BCUT2D eigenvalue weighted by atomic mass is 10.1.